The summed E-state index contributed by atoms with van der Waals surface area (Å²) in [5.41, 5.74) is 0.278. The third kappa shape index (κ3) is 1.61. The number of carbonyl (C=O) groups is 1. The van der Waals surface area contributed by atoms with Gasteiger partial charge in [0.25, 0.3) is 0 Å². The molecule has 0 bridgehead atoms. The maximum atomic E-state index is 12.2. The van der Waals surface area contributed by atoms with E-state index in [-0.39, 0.29) is 11.2 Å². The van der Waals surface area contributed by atoms with Crippen molar-refractivity contribution in [3.05, 3.63) is 23.9 Å². The molecule has 1 N–H and O–H groups in total. The van der Waals surface area contributed by atoms with Crippen LogP contribution in [0.15, 0.2) is 18.3 Å². The molecule has 1 fully saturated rings. The molecular weight excluding hydrogens is 192 g/mol. The molecule has 1 aromatic heterocycles. The van der Waals surface area contributed by atoms with Gasteiger partial charge in [-0.15, -0.1) is 0 Å². The molecule has 1 aliphatic rings. The van der Waals surface area contributed by atoms with E-state index in [4.69, 9.17) is 4.74 Å². The van der Waals surface area contributed by atoms with Crippen molar-refractivity contribution in [2.24, 2.45) is 5.41 Å². The zero-order valence-corrected chi connectivity index (χ0v) is 8.91. The molecule has 15 heavy (non-hydrogen) atoms. The van der Waals surface area contributed by atoms with E-state index in [1.165, 1.54) is 7.11 Å². The normalized spacial score (nSPS) is 18.0. The van der Waals surface area contributed by atoms with Crippen LogP contribution in [-0.2, 0) is 0 Å². The number of hydrogen-bond donors (Lipinski definition) is 1. The predicted molar refractivity (Wildman–Crippen MR) is 56.1 cm³/mol. The van der Waals surface area contributed by atoms with E-state index in [0.717, 1.165) is 13.1 Å². The first-order valence-corrected chi connectivity index (χ1v) is 4.92. The number of aromatic nitrogens is 1. The van der Waals surface area contributed by atoms with E-state index in [2.05, 4.69) is 10.3 Å². The molecule has 2 rings (SSSR count). The molecule has 0 spiro atoms. The SMILES string of the molecule is COc1ncccc1C(=O)C1(C)CNC1. The third-order valence-corrected chi connectivity index (χ3v) is 2.79. The van der Waals surface area contributed by atoms with Gasteiger partial charge in [0.15, 0.2) is 5.78 Å². The van der Waals surface area contributed by atoms with E-state index >= 15 is 0 Å². The average Bonchev–Trinajstić information content (AvgIpc) is 2.25. The summed E-state index contributed by atoms with van der Waals surface area (Å²) in [5, 5.41) is 3.11. The lowest BCUT2D eigenvalue weighted by atomic mass is 9.77. The molecule has 0 aliphatic carbocycles. The van der Waals surface area contributed by atoms with Gasteiger partial charge in [0, 0.05) is 19.3 Å². The Kier molecular flexibility index (Phi) is 2.44. The monoisotopic (exact) mass is 206 g/mol. The first-order valence-electron chi connectivity index (χ1n) is 4.92. The Morgan fingerprint density at radius 2 is 2.33 bits per heavy atom. The first-order chi connectivity index (χ1) is 7.17. The Hall–Kier alpha value is -1.42. The van der Waals surface area contributed by atoms with Crippen molar-refractivity contribution in [1.29, 1.82) is 0 Å². The van der Waals surface area contributed by atoms with Gasteiger partial charge < -0.3 is 10.1 Å². The second-order valence-corrected chi connectivity index (χ2v) is 4.05. The highest BCUT2D eigenvalue weighted by atomic mass is 16.5. The fourth-order valence-corrected chi connectivity index (χ4v) is 1.71. The Labute approximate surface area is 88.7 Å². The number of Topliss-reactive ketones (excluding diaryl/α,β-unsaturated/α-hetero) is 1. The Balaban J connectivity index is 2.32. The van der Waals surface area contributed by atoms with Crippen molar-refractivity contribution in [2.45, 2.75) is 6.92 Å². The van der Waals surface area contributed by atoms with Gasteiger partial charge in [-0.1, -0.05) is 0 Å². The summed E-state index contributed by atoms with van der Waals surface area (Å²) in [5.74, 6) is 0.516. The van der Waals surface area contributed by atoms with Crippen LogP contribution in [0.5, 0.6) is 5.88 Å². The van der Waals surface area contributed by atoms with Crippen LogP contribution >= 0.6 is 0 Å². The fourth-order valence-electron chi connectivity index (χ4n) is 1.71. The lowest BCUT2D eigenvalue weighted by Crippen LogP contribution is -2.56. The number of carbonyl (C=O) groups excluding carboxylic acids is 1. The first kappa shape index (κ1) is 10.1. The van der Waals surface area contributed by atoms with Crippen LogP contribution in [0.25, 0.3) is 0 Å². The lowest BCUT2D eigenvalue weighted by Gasteiger charge is -2.37. The van der Waals surface area contributed by atoms with Crippen LogP contribution in [0.3, 0.4) is 0 Å². The highest BCUT2D eigenvalue weighted by Crippen LogP contribution is 2.29. The van der Waals surface area contributed by atoms with Gasteiger partial charge in [-0.25, -0.2) is 4.98 Å². The standard InChI is InChI=1S/C11H14N2O2/c1-11(6-12-7-11)9(14)8-4-3-5-13-10(8)15-2/h3-5,12H,6-7H2,1-2H3. The predicted octanol–water partition coefficient (Wildman–Crippen LogP) is 0.882. The van der Waals surface area contributed by atoms with Crippen molar-refractivity contribution in [3.8, 4) is 5.88 Å². The minimum absolute atomic E-state index is 0.103. The van der Waals surface area contributed by atoms with E-state index in [0.29, 0.717) is 11.4 Å². The molecule has 0 radical (unpaired) electrons. The van der Waals surface area contributed by atoms with E-state index in [1.54, 1.807) is 18.3 Å². The molecule has 4 heteroatoms. The van der Waals surface area contributed by atoms with Gasteiger partial charge >= 0.3 is 0 Å². The van der Waals surface area contributed by atoms with Crippen molar-refractivity contribution in [2.75, 3.05) is 20.2 Å². The zero-order chi connectivity index (χ0) is 10.9. The number of pyridine rings is 1. The van der Waals surface area contributed by atoms with Crippen LogP contribution in [-0.4, -0.2) is 31.0 Å². The van der Waals surface area contributed by atoms with Crippen LogP contribution < -0.4 is 10.1 Å². The van der Waals surface area contributed by atoms with Crippen molar-refractivity contribution >= 4 is 5.78 Å². The summed E-state index contributed by atoms with van der Waals surface area (Å²) >= 11 is 0. The Morgan fingerprint density at radius 3 is 2.87 bits per heavy atom. The van der Waals surface area contributed by atoms with E-state index < -0.39 is 0 Å². The van der Waals surface area contributed by atoms with Crippen molar-refractivity contribution in [3.63, 3.8) is 0 Å². The summed E-state index contributed by atoms with van der Waals surface area (Å²) in [7, 11) is 1.53. The summed E-state index contributed by atoms with van der Waals surface area (Å²) in [6, 6.07) is 3.52. The summed E-state index contributed by atoms with van der Waals surface area (Å²) in [4.78, 5) is 16.2. The Bertz CT molecular complexity index is 386. The maximum absolute atomic E-state index is 12.2. The number of rotatable bonds is 3. The van der Waals surface area contributed by atoms with Gasteiger partial charge in [-0.2, -0.15) is 0 Å². The minimum atomic E-state index is -0.295. The highest BCUT2D eigenvalue weighted by molar-refractivity contribution is 6.03. The molecule has 1 aromatic rings. The van der Waals surface area contributed by atoms with E-state index in [9.17, 15) is 4.79 Å². The molecular formula is C11H14N2O2. The summed E-state index contributed by atoms with van der Waals surface area (Å²) in [6.45, 7) is 3.41. The van der Waals surface area contributed by atoms with Gasteiger partial charge in [0.2, 0.25) is 5.88 Å². The number of methoxy groups -OCH3 is 1. The minimum Gasteiger partial charge on any atom is -0.480 e. The lowest BCUT2D eigenvalue weighted by molar-refractivity contribution is 0.0717. The van der Waals surface area contributed by atoms with Gasteiger partial charge in [-0.05, 0) is 19.1 Å². The average molecular weight is 206 g/mol. The van der Waals surface area contributed by atoms with Gasteiger partial charge in [0.05, 0.1) is 18.1 Å². The number of nitrogens with zero attached hydrogens (tertiary/aromatic N) is 1. The number of ketones is 1. The van der Waals surface area contributed by atoms with Crippen LogP contribution in [0, 0.1) is 5.41 Å². The zero-order valence-electron chi connectivity index (χ0n) is 8.91. The molecule has 4 nitrogen and oxygen atoms in total. The molecule has 1 saturated heterocycles. The maximum Gasteiger partial charge on any atom is 0.224 e. The second kappa shape index (κ2) is 3.62. The highest BCUT2D eigenvalue weighted by Gasteiger charge is 2.40. The molecule has 0 amide bonds. The Morgan fingerprint density at radius 1 is 1.60 bits per heavy atom. The second-order valence-electron chi connectivity index (χ2n) is 4.05. The molecule has 2 heterocycles. The third-order valence-electron chi connectivity index (χ3n) is 2.79. The van der Waals surface area contributed by atoms with Crippen LogP contribution in [0.1, 0.15) is 17.3 Å². The summed E-state index contributed by atoms with van der Waals surface area (Å²) in [6.07, 6.45) is 1.62. The van der Waals surface area contributed by atoms with E-state index in [1.807, 2.05) is 6.92 Å². The largest absolute Gasteiger partial charge is 0.480 e. The number of nitrogens with one attached hydrogen (secondary N) is 1. The number of hydrogen-bond acceptors (Lipinski definition) is 4. The fraction of sp³-hybridized carbons (Fsp3) is 0.455. The quantitative estimate of drug-likeness (QED) is 0.746. The molecule has 80 valence electrons. The molecule has 0 saturated carbocycles. The van der Waals surface area contributed by atoms with Crippen LogP contribution in [0.4, 0.5) is 0 Å². The topological polar surface area (TPSA) is 51.2 Å². The van der Waals surface area contributed by atoms with Gasteiger partial charge in [0.1, 0.15) is 0 Å². The van der Waals surface area contributed by atoms with Crippen LogP contribution in [0.2, 0.25) is 0 Å². The van der Waals surface area contributed by atoms with Crippen molar-refractivity contribution in [1.82, 2.24) is 10.3 Å². The molecule has 0 aromatic carbocycles. The van der Waals surface area contributed by atoms with Crippen molar-refractivity contribution < 1.29 is 9.53 Å². The molecule has 1 aliphatic heterocycles. The summed E-state index contributed by atoms with van der Waals surface area (Å²) < 4.78 is 5.08. The number of ether oxygens (including phenoxy) is 1. The molecule has 0 unspecified atom stereocenters. The smallest absolute Gasteiger partial charge is 0.224 e. The van der Waals surface area contributed by atoms with Gasteiger partial charge in [-0.3, -0.25) is 4.79 Å². The molecule has 0 atom stereocenters.